The lowest BCUT2D eigenvalue weighted by Gasteiger charge is -2.03. The average Bonchev–Trinajstić information content (AvgIpc) is 2.29. The van der Waals surface area contributed by atoms with E-state index in [9.17, 15) is 0 Å². The molecule has 0 atom stereocenters. The number of nitrogens with two attached hydrogens (primary N) is 1. The molecule has 3 nitrogen and oxygen atoms in total. The second-order valence-electron chi connectivity index (χ2n) is 3.33. The molecule has 0 aliphatic carbocycles. The van der Waals surface area contributed by atoms with Gasteiger partial charge in [-0.15, -0.1) is 0 Å². The Morgan fingerprint density at radius 2 is 2.00 bits per heavy atom. The molecule has 1 aromatic carbocycles. The quantitative estimate of drug-likeness (QED) is 0.660. The smallest absolute Gasteiger partial charge is 0.141 e. The highest BCUT2D eigenvalue weighted by atomic mass is 35.5. The number of nitrogens with zero attached hydrogens (tertiary/aromatic N) is 1. The zero-order valence-corrected chi connectivity index (χ0v) is 10.4. The molecule has 3 N–H and O–H groups in total. The molecule has 0 aliphatic rings. The molecule has 2 aromatic rings. The summed E-state index contributed by atoms with van der Waals surface area (Å²) in [5.74, 6) is -0.0291. The third-order valence-electron chi connectivity index (χ3n) is 2.02. The molecule has 0 radical (unpaired) electrons. The predicted octanol–water partition coefficient (Wildman–Crippen LogP) is 3.17. The predicted molar refractivity (Wildman–Crippen MR) is 70.8 cm³/mol. The first kappa shape index (κ1) is 12.0. The number of pyridine rings is 1. The van der Waals surface area contributed by atoms with Gasteiger partial charge in [0.05, 0.1) is 0 Å². The van der Waals surface area contributed by atoms with Crippen molar-refractivity contribution in [3.8, 4) is 0 Å². The van der Waals surface area contributed by atoms with Crippen molar-refractivity contribution in [2.45, 2.75) is 9.92 Å². The Morgan fingerprint density at radius 3 is 2.71 bits per heavy atom. The van der Waals surface area contributed by atoms with Crippen molar-refractivity contribution in [1.29, 1.82) is 5.41 Å². The third-order valence-corrected chi connectivity index (χ3v) is 3.18. The van der Waals surface area contributed by atoms with Crippen LogP contribution in [-0.2, 0) is 0 Å². The van der Waals surface area contributed by atoms with E-state index < -0.39 is 0 Å². The van der Waals surface area contributed by atoms with E-state index in [-0.39, 0.29) is 5.84 Å². The van der Waals surface area contributed by atoms with Gasteiger partial charge in [0.1, 0.15) is 16.6 Å². The van der Waals surface area contributed by atoms with Crippen LogP contribution in [0.3, 0.4) is 0 Å². The van der Waals surface area contributed by atoms with Gasteiger partial charge in [0.2, 0.25) is 0 Å². The number of amidine groups is 1. The first-order chi connectivity index (χ1) is 8.15. The van der Waals surface area contributed by atoms with E-state index >= 15 is 0 Å². The Balaban J connectivity index is 2.24. The number of rotatable bonds is 3. The van der Waals surface area contributed by atoms with E-state index in [1.54, 1.807) is 6.07 Å². The summed E-state index contributed by atoms with van der Waals surface area (Å²) in [5, 5.41) is 8.81. The highest BCUT2D eigenvalue weighted by Gasteiger charge is 2.02. The van der Waals surface area contributed by atoms with Crippen LogP contribution in [0.15, 0.2) is 52.4 Å². The second kappa shape index (κ2) is 5.21. The van der Waals surface area contributed by atoms with Crippen LogP contribution in [0.25, 0.3) is 0 Å². The van der Waals surface area contributed by atoms with Gasteiger partial charge in [0.25, 0.3) is 0 Å². The largest absolute Gasteiger partial charge is 0.382 e. The molecule has 86 valence electrons. The molecule has 5 heteroatoms. The fraction of sp³-hybridized carbons (Fsp3) is 0. The van der Waals surface area contributed by atoms with Crippen molar-refractivity contribution in [2.24, 2.45) is 5.73 Å². The van der Waals surface area contributed by atoms with Crippen LogP contribution in [0.2, 0.25) is 5.02 Å². The van der Waals surface area contributed by atoms with E-state index in [0.29, 0.717) is 10.7 Å². The van der Waals surface area contributed by atoms with E-state index in [2.05, 4.69) is 4.98 Å². The normalized spacial score (nSPS) is 10.2. The minimum absolute atomic E-state index is 0.0291. The van der Waals surface area contributed by atoms with Crippen LogP contribution >= 0.6 is 23.4 Å². The summed E-state index contributed by atoms with van der Waals surface area (Å²) >= 11 is 7.39. The number of hydrogen-bond acceptors (Lipinski definition) is 3. The Hall–Kier alpha value is -1.52. The van der Waals surface area contributed by atoms with Crippen LogP contribution in [-0.4, -0.2) is 10.8 Å². The van der Waals surface area contributed by atoms with E-state index in [1.165, 1.54) is 11.8 Å². The molecule has 0 aliphatic heterocycles. The summed E-state index contributed by atoms with van der Waals surface area (Å²) < 4.78 is 0. The van der Waals surface area contributed by atoms with Crippen molar-refractivity contribution in [3.05, 3.63) is 53.2 Å². The minimum Gasteiger partial charge on any atom is -0.382 e. The number of aromatic nitrogens is 1. The fourth-order valence-electron chi connectivity index (χ4n) is 1.27. The van der Waals surface area contributed by atoms with Crippen LogP contribution in [0.4, 0.5) is 0 Å². The third kappa shape index (κ3) is 3.22. The first-order valence-electron chi connectivity index (χ1n) is 4.90. The lowest BCUT2D eigenvalue weighted by molar-refractivity contribution is 1.10. The first-order valence-corrected chi connectivity index (χ1v) is 6.09. The van der Waals surface area contributed by atoms with Gasteiger partial charge in [-0.25, -0.2) is 4.98 Å². The zero-order chi connectivity index (χ0) is 12.3. The maximum Gasteiger partial charge on any atom is 0.141 e. The number of nitrogens with one attached hydrogen (secondary N) is 1. The van der Waals surface area contributed by atoms with Gasteiger partial charge < -0.3 is 5.73 Å². The molecule has 0 bridgehead atoms. The van der Waals surface area contributed by atoms with Crippen molar-refractivity contribution in [3.63, 3.8) is 0 Å². The Morgan fingerprint density at radius 1 is 1.24 bits per heavy atom. The summed E-state index contributed by atoms with van der Waals surface area (Å²) in [6.07, 6.45) is 0. The standard InChI is InChI=1S/C12H10ClN3S/c13-8-3-1-4-9(7-8)17-11-6-2-5-10(16-11)12(14)15/h1-7H,(H3,14,15). The van der Waals surface area contributed by atoms with Gasteiger partial charge in [-0.05, 0) is 30.3 Å². The Bertz CT molecular complexity index is 557. The lowest BCUT2D eigenvalue weighted by Crippen LogP contribution is -2.12. The molecular formula is C12H10ClN3S. The van der Waals surface area contributed by atoms with Crippen molar-refractivity contribution in [2.75, 3.05) is 0 Å². The Labute approximate surface area is 109 Å². The molecular weight excluding hydrogens is 254 g/mol. The van der Waals surface area contributed by atoms with Gasteiger partial charge in [0.15, 0.2) is 0 Å². The summed E-state index contributed by atoms with van der Waals surface area (Å²) in [4.78, 5) is 5.27. The molecule has 0 unspecified atom stereocenters. The van der Waals surface area contributed by atoms with Crippen molar-refractivity contribution in [1.82, 2.24) is 4.98 Å². The molecule has 0 amide bonds. The summed E-state index contributed by atoms with van der Waals surface area (Å²) in [6, 6.07) is 13.0. The summed E-state index contributed by atoms with van der Waals surface area (Å²) in [6.45, 7) is 0. The molecule has 2 rings (SSSR count). The fourth-order valence-corrected chi connectivity index (χ4v) is 2.39. The van der Waals surface area contributed by atoms with Gasteiger partial charge in [-0.1, -0.05) is 35.5 Å². The number of nitrogen functional groups attached to an aromatic ring is 1. The zero-order valence-electron chi connectivity index (χ0n) is 8.85. The lowest BCUT2D eigenvalue weighted by atomic mass is 10.3. The molecule has 1 aromatic heterocycles. The van der Waals surface area contributed by atoms with Gasteiger partial charge in [-0.3, -0.25) is 5.41 Å². The van der Waals surface area contributed by atoms with Crippen LogP contribution in [0.1, 0.15) is 5.69 Å². The SMILES string of the molecule is N=C(N)c1cccc(Sc2cccc(Cl)c2)n1. The number of halogens is 1. The monoisotopic (exact) mass is 263 g/mol. The highest BCUT2D eigenvalue weighted by molar-refractivity contribution is 7.99. The highest BCUT2D eigenvalue weighted by Crippen LogP contribution is 2.27. The van der Waals surface area contributed by atoms with Gasteiger partial charge in [-0.2, -0.15) is 0 Å². The van der Waals surface area contributed by atoms with E-state index in [0.717, 1.165) is 9.92 Å². The molecule has 0 spiro atoms. The van der Waals surface area contributed by atoms with Crippen LogP contribution < -0.4 is 5.73 Å². The maximum absolute atomic E-state index is 7.33. The molecule has 0 saturated heterocycles. The van der Waals surface area contributed by atoms with E-state index in [1.807, 2.05) is 36.4 Å². The summed E-state index contributed by atoms with van der Waals surface area (Å²) in [5.41, 5.74) is 5.87. The van der Waals surface area contributed by atoms with Gasteiger partial charge >= 0.3 is 0 Å². The van der Waals surface area contributed by atoms with E-state index in [4.69, 9.17) is 22.7 Å². The Kier molecular flexibility index (Phi) is 3.66. The molecule has 1 heterocycles. The maximum atomic E-state index is 7.33. The van der Waals surface area contributed by atoms with Crippen LogP contribution in [0.5, 0.6) is 0 Å². The minimum atomic E-state index is -0.0291. The number of hydrogen-bond donors (Lipinski definition) is 2. The number of benzene rings is 1. The van der Waals surface area contributed by atoms with Crippen molar-refractivity contribution >= 4 is 29.2 Å². The second-order valence-corrected chi connectivity index (χ2v) is 4.86. The van der Waals surface area contributed by atoms with Crippen molar-refractivity contribution < 1.29 is 0 Å². The topological polar surface area (TPSA) is 62.8 Å². The van der Waals surface area contributed by atoms with Gasteiger partial charge in [0, 0.05) is 9.92 Å². The molecule has 17 heavy (non-hydrogen) atoms. The molecule has 0 saturated carbocycles. The van der Waals surface area contributed by atoms with Crippen LogP contribution in [0, 0.1) is 5.41 Å². The molecule has 0 fully saturated rings. The average molecular weight is 264 g/mol. The summed E-state index contributed by atoms with van der Waals surface area (Å²) in [7, 11) is 0.